The molecular formula is C23H31N5O. The number of carbonyl (C=O) groups is 1. The molecule has 29 heavy (non-hydrogen) atoms. The zero-order valence-corrected chi connectivity index (χ0v) is 17.4. The third kappa shape index (κ3) is 5.73. The minimum Gasteiger partial charge on any atom is -0.368 e. The van der Waals surface area contributed by atoms with E-state index in [9.17, 15) is 4.79 Å². The quantitative estimate of drug-likeness (QED) is 0.585. The van der Waals surface area contributed by atoms with Gasteiger partial charge in [-0.15, -0.1) is 0 Å². The molecule has 0 atom stereocenters. The van der Waals surface area contributed by atoms with Crippen LogP contribution in [0.25, 0.3) is 0 Å². The zero-order chi connectivity index (χ0) is 20.5. The van der Waals surface area contributed by atoms with Gasteiger partial charge in [0.15, 0.2) is 5.96 Å². The fourth-order valence-electron chi connectivity index (χ4n) is 3.49. The summed E-state index contributed by atoms with van der Waals surface area (Å²) < 4.78 is 0. The predicted molar refractivity (Wildman–Crippen MR) is 119 cm³/mol. The summed E-state index contributed by atoms with van der Waals surface area (Å²) in [6.45, 7) is 7.17. The number of rotatable bonds is 6. The molecule has 3 rings (SSSR count). The molecule has 6 heteroatoms. The van der Waals surface area contributed by atoms with Gasteiger partial charge in [0.05, 0.1) is 0 Å². The molecule has 0 aromatic heterocycles. The van der Waals surface area contributed by atoms with Crippen LogP contribution < -0.4 is 15.5 Å². The zero-order valence-electron chi connectivity index (χ0n) is 17.4. The summed E-state index contributed by atoms with van der Waals surface area (Å²) in [5.74, 6) is 0.883. The topological polar surface area (TPSA) is 60.0 Å². The van der Waals surface area contributed by atoms with Gasteiger partial charge in [-0.2, -0.15) is 0 Å². The number of aliphatic imine (C=N–C) groups is 1. The van der Waals surface area contributed by atoms with Crippen molar-refractivity contribution in [3.8, 4) is 0 Å². The molecule has 2 aromatic rings. The number of amides is 1. The van der Waals surface area contributed by atoms with Gasteiger partial charge in [-0.3, -0.25) is 9.79 Å². The third-order valence-electron chi connectivity index (χ3n) is 5.09. The van der Waals surface area contributed by atoms with Crippen molar-refractivity contribution in [1.29, 1.82) is 0 Å². The molecule has 0 unspecified atom stereocenters. The summed E-state index contributed by atoms with van der Waals surface area (Å²) in [6, 6.07) is 18.3. The number of nitrogens with one attached hydrogen (secondary N) is 2. The molecule has 6 nitrogen and oxygen atoms in total. The van der Waals surface area contributed by atoms with Crippen molar-refractivity contribution in [2.24, 2.45) is 4.99 Å². The molecule has 1 amide bonds. The molecule has 0 spiro atoms. The molecule has 0 radical (unpaired) electrons. The number of nitrogens with zero attached hydrogens (tertiary/aromatic N) is 3. The first kappa shape index (κ1) is 20.7. The van der Waals surface area contributed by atoms with Crippen LogP contribution in [-0.2, 0) is 6.54 Å². The average molecular weight is 394 g/mol. The molecule has 1 saturated heterocycles. The molecule has 0 bridgehead atoms. The molecule has 1 aliphatic heterocycles. The Labute approximate surface area is 173 Å². The maximum atomic E-state index is 12.2. The van der Waals surface area contributed by atoms with E-state index in [4.69, 9.17) is 0 Å². The van der Waals surface area contributed by atoms with Gasteiger partial charge in [0.25, 0.3) is 5.91 Å². The molecule has 0 saturated carbocycles. The summed E-state index contributed by atoms with van der Waals surface area (Å²) in [5.41, 5.74) is 3.04. The van der Waals surface area contributed by atoms with E-state index in [-0.39, 0.29) is 5.91 Å². The second-order valence-corrected chi connectivity index (χ2v) is 7.17. The Morgan fingerprint density at radius 1 is 1.00 bits per heavy atom. The Bertz CT molecular complexity index is 813. The first-order valence-corrected chi connectivity index (χ1v) is 10.3. The number of benzene rings is 2. The first-order valence-electron chi connectivity index (χ1n) is 10.3. The highest BCUT2D eigenvalue weighted by molar-refractivity contribution is 5.94. The smallest absolute Gasteiger partial charge is 0.251 e. The highest BCUT2D eigenvalue weighted by atomic mass is 16.1. The van der Waals surface area contributed by atoms with E-state index in [1.165, 1.54) is 5.69 Å². The van der Waals surface area contributed by atoms with Crippen molar-refractivity contribution in [2.45, 2.75) is 19.9 Å². The van der Waals surface area contributed by atoms with E-state index in [2.05, 4.69) is 49.7 Å². The van der Waals surface area contributed by atoms with Crippen LogP contribution in [0.4, 0.5) is 5.69 Å². The van der Waals surface area contributed by atoms with Gasteiger partial charge >= 0.3 is 0 Å². The molecule has 1 fully saturated rings. The summed E-state index contributed by atoms with van der Waals surface area (Å²) in [5, 5.41) is 6.37. The van der Waals surface area contributed by atoms with E-state index in [1.807, 2.05) is 44.3 Å². The van der Waals surface area contributed by atoms with E-state index in [0.29, 0.717) is 18.7 Å². The number of hydrogen-bond acceptors (Lipinski definition) is 3. The van der Waals surface area contributed by atoms with Crippen LogP contribution in [0.2, 0.25) is 0 Å². The van der Waals surface area contributed by atoms with E-state index in [0.717, 1.165) is 44.1 Å². The largest absolute Gasteiger partial charge is 0.368 e. The van der Waals surface area contributed by atoms with E-state index < -0.39 is 0 Å². The van der Waals surface area contributed by atoms with Crippen molar-refractivity contribution in [2.75, 3.05) is 44.7 Å². The maximum Gasteiger partial charge on any atom is 0.251 e. The Kier molecular flexibility index (Phi) is 7.50. The molecule has 1 heterocycles. The lowest BCUT2D eigenvalue weighted by Gasteiger charge is -2.37. The van der Waals surface area contributed by atoms with Gasteiger partial charge in [0, 0.05) is 57.6 Å². The monoisotopic (exact) mass is 393 g/mol. The fraction of sp³-hybridized carbons (Fsp3) is 0.391. The molecule has 154 valence electrons. The van der Waals surface area contributed by atoms with Crippen molar-refractivity contribution in [3.63, 3.8) is 0 Å². The summed E-state index contributed by atoms with van der Waals surface area (Å²) in [6.07, 6.45) is 0.931. The fourth-order valence-corrected chi connectivity index (χ4v) is 3.49. The summed E-state index contributed by atoms with van der Waals surface area (Å²) >= 11 is 0. The van der Waals surface area contributed by atoms with Crippen LogP contribution in [0.1, 0.15) is 29.3 Å². The SMILES string of the molecule is CCCNC(=O)c1cccc(CNC(=NC)N2CCN(c3ccccc3)CC2)c1. The number of para-hydroxylation sites is 1. The van der Waals surface area contributed by atoms with Crippen molar-refractivity contribution in [3.05, 3.63) is 65.7 Å². The minimum atomic E-state index is -0.0184. The Morgan fingerprint density at radius 3 is 2.45 bits per heavy atom. The molecule has 2 N–H and O–H groups in total. The van der Waals surface area contributed by atoms with Gasteiger partial charge in [0.2, 0.25) is 0 Å². The lowest BCUT2D eigenvalue weighted by atomic mass is 10.1. The van der Waals surface area contributed by atoms with Gasteiger partial charge in [-0.25, -0.2) is 0 Å². The Morgan fingerprint density at radius 2 is 1.76 bits per heavy atom. The Balaban J connectivity index is 1.53. The number of carbonyl (C=O) groups excluding carboxylic acids is 1. The highest BCUT2D eigenvalue weighted by Crippen LogP contribution is 2.15. The lowest BCUT2D eigenvalue weighted by molar-refractivity contribution is 0.0953. The molecule has 0 aliphatic carbocycles. The van der Waals surface area contributed by atoms with Crippen LogP contribution in [0.5, 0.6) is 0 Å². The minimum absolute atomic E-state index is 0.0184. The van der Waals surface area contributed by atoms with Gasteiger partial charge in [-0.05, 0) is 36.2 Å². The lowest BCUT2D eigenvalue weighted by Crippen LogP contribution is -2.52. The normalized spacial score (nSPS) is 14.6. The Hall–Kier alpha value is -3.02. The molecule has 2 aromatic carbocycles. The first-order chi connectivity index (χ1) is 14.2. The van der Waals surface area contributed by atoms with Gasteiger partial charge in [0.1, 0.15) is 0 Å². The van der Waals surface area contributed by atoms with E-state index >= 15 is 0 Å². The van der Waals surface area contributed by atoms with Crippen molar-refractivity contribution in [1.82, 2.24) is 15.5 Å². The number of hydrogen-bond donors (Lipinski definition) is 2. The average Bonchev–Trinajstić information content (AvgIpc) is 2.79. The summed E-state index contributed by atoms with van der Waals surface area (Å²) in [4.78, 5) is 21.3. The van der Waals surface area contributed by atoms with Crippen LogP contribution >= 0.6 is 0 Å². The number of anilines is 1. The van der Waals surface area contributed by atoms with Gasteiger partial charge < -0.3 is 20.4 Å². The van der Waals surface area contributed by atoms with Crippen LogP contribution in [0.15, 0.2) is 59.6 Å². The summed E-state index contributed by atoms with van der Waals surface area (Å²) in [7, 11) is 1.82. The van der Waals surface area contributed by atoms with Gasteiger partial charge in [-0.1, -0.05) is 37.3 Å². The highest BCUT2D eigenvalue weighted by Gasteiger charge is 2.19. The number of guanidine groups is 1. The predicted octanol–water partition coefficient (Wildman–Crippen LogP) is 2.72. The number of piperazine rings is 1. The van der Waals surface area contributed by atoms with Crippen LogP contribution in [0, 0.1) is 0 Å². The van der Waals surface area contributed by atoms with Crippen LogP contribution in [-0.4, -0.2) is 56.5 Å². The second kappa shape index (κ2) is 10.5. The molecule has 1 aliphatic rings. The van der Waals surface area contributed by atoms with Crippen molar-refractivity contribution >= 4 is 17.6 Å². The van der Waals surface area contributed by atoms with Crippen molar-refractivity contribution < 1.29 is 4.79 Å². The second-order valence-electron chi connectivity index (χ2n) is 7.17. The van der Waals surface area contributed by atoms with E-state index in [1.54, 1.807) is 0 Å². The molecular weight excluding hydrogens is 362 g/mol. The third-order valence-corrected chi connectivity index (χ3v) is 5.09. The van der Waals surface area contributed by atoms with Crippen LogP contribution in [0.3, 0.4) is 0 Å². The maximum absolute atomic E-state index is 12.2. The standard InChI is InChI=1S/C23H31N5O/c1-3-12-25-22(29)20-9-7-8-19(17-20)18-26-23(24-2)28-15-13-27(14-16-28)21-10-5-4-6-11-21/h4-11,17H,3,12-16,18H2,1-2H3,(H,24,26)(H,25,29).